The molecule has 0 radical (unpaired) electrons. The van der Waals surface area contributed by atoms with E-state index in [-0.39, 0.29) is 11.7 Å². The van der Waals surface area contributed by atoms with Gasteiger partial charge in [0.05, 0.1) is 6.42 Å². The Labute approximate surface area is 159 Å². The number of hydrogen-bond acceptors (Lipinski definition) is 3. The highest BCUT2D eigenvalue weighted by atomic mass is 16.1. The summed E-state index contributed by atoms with van der Waals surface area (Å²) in [6.07, 6.45) is 0.350. The average molecular weight is 358 g/mol. The van der Waals surface area contributed by atoms with E-state index in [4.69, 9.17) is 0 Å². The zero-order valence-corrected chi connectivity index (χ0v) is 15.5. The van der Waals surface area contributed by atoms with E-state index in [1.165, 1.54) is 5.56 Å². The number of benzene rings is 3. The molecule has 4 heteroatoms. The number of hydrogen-bond donors (Lipinski definition) is 2. The number of amides is 1. The molecule has 0 saturated heterocycles. The van der Waals surface area contributed by atoms with E-state index < -0.39 is 0 Å². The summed E-state index contributed by atoms with van der Waals surface area (Å²) in [6, 6.07) is 22.8. The van der Waals surface area contributed by atoms with Gasteiger partial charge in [-0.15, -0.1) is 0 Å². The average Bonchev–Trinajstić information content (AvgIpc) is 2.66. The van der Waals surface area contributed by atoms with Crippen molar-refractivity contribution in [3.8, 4) is 0 Å². The molecule has 0 aliphatic carbocycles. The monoisotopic (exact) mass is 358 g/mol. The van der Waals surface area contributed by atoms with Gasteiger partial charge in [-0.3, -0.25) is 9.59 Å². The van der Waals surface area contributed by atoms with Crippen molar-refractivity contribution < 1.29 is 9.59 Å². The molecule has 0 fully saturated rings. The Balaban J connectivity index is 1.57. The lowest BCUT2D eigenvalue weighted by Crippen LogP contribution is -2.14. The SMILES string of the molecule is CC(=O)c1ccc(Nc2ccc(NC(=O)Cc3ccc(C)cc3)cc2)cc1. The fourth-order valence-corrected chi connectivity index (χ4v) is 2.69. The molecule has 4 nitrogen and oxygen atoms in total. The Morgan fingerprint density at radius 1 is 0.741 bits per heavy atom. The minimum Gasteiger partial charge on any atom is -0.356 e. The minimum absolute atomic E-state index is 0.0422. The number of anilines is 3. The van der Waals surface area contributed by atoms with E-state index in [1.807, 2.05) is 67.6 Å². The molecule has 0 saturated carbocycles. The zero-order chi connectivity index (χ0) is 19.2. The van der Waals surface area contributed by atoms with Crippen molar-refractivity contribution in [2.75, 3.05) is 10.6 Å². The van der Waals surface area contributed by atoms with Crippen LogP contribution < -0.4 is 10.6 Å². The van der Waals surface area contributed by atoms with Crippen LogP contribution in [0.15, 0.2) is 72.8 Å². The molecule has 3 aromatic rings. The molecule has 0 aliphatic rings. The first-order chi connectivity index (χ1) is 13.0. The van der Waals surface area contributed by atoms with Gasteiger partial charge in [-0.25, -0.2) is 0 Å². The van der Waals surface area contributed by atoms with Gasteiger partial charge >= 0.3 is 0 Å². The highest BCUT2D eigenvalue weighted by Gasteiger charge is 2.05. The molecule has 0 aliphatic heterocycles. The molecule has 0 heterocycles. The molecule has 0 spiro atoms. The van der Waals surface area contributed by atoms with Gasteiger partial charge in [0, 0.05) is 22.6 Å². The maximum atomic E-state index is 12.2. The topological polar surface area (TPSA) is 58.2 Å². The van der Waals surface area contributed by atoms with Crippen molar-refractivity contribution >= 4 is 28.8 Å². The second-order valence-electron chi connectivity index (χ2n) is 6.55. The van der Waals surface area contributed by atoms with Crippen LogP contribution in [0.5, 0.6) is 0 Å². The summed E-state index contributed by atoms with van der Waals surface area (Å²) >= 11 is 0. The maximum Gasteiger partial charge on any atom is 0.228 e. The van der Waals surface area contributed by atoms with Gasteiger partial charge in [-0.2, -0.15) is 0 Å². The molecule has 27 heavy (non-hydrogen) atoms. The van der Waals surface area contributed by atoms with Crippen molar-refractivity contribution in [2.24, 2.45) is 0 Å². The smallest absolute Gasteiger partial charge is 0.228 e. The molecule has 2 N–H and O–H groups in total. The van der Waals surface area contributed by atoms with Crippen molar-refractivity contribution in [3.63, 3.8) is 0 Å². The number of ketones is 1. The molecule has 0 atom stereocenters. The zero-order valence-electron chi connectivity index (χ0n) is 15.5. The summed E-state index contributed by atoms with van der Waals surface area (Å²) in [6.45, 7) is 3.57. The third-order valence-corrected chi connectivity index (χ3v) is 4.23. The molecule has 3 aromatic carbocycles. The van der Waals surface area contributed by atoms with E-state index >= 15 is 0 Å². The molecule has 0 bridgehead atoms. The number of Topliss-reactive ketones (excluding diaryl/α,β-unsaturated/α-hetero) is 1. The van der Waals surface area contributed by atoms with Crippen molar-refractivity contribution in [1.82, 2.24) is 0 Å². The molecule has 136 valence electrons. The summed E-state index contributed by atoms with van der Waals surface area (Å²) in [5, 5.41) is 6.18. The fraction of sp³-hybridized carbons (Fsp3) is 0.130. The standard InChI is InChI=1S/C23H22N2O2/c1-16-3-5-18(6-4-16)15-23(27)25-22-13-11-21(12-14-22)24-20-9-7-19(8-10-20)17(2)26/h3-14,24H,15H2,1-2H3,(H,25,27). The predicted molar refractivity (Wildman–Crippen MR) is 110 cm³/mol. The number of carbonyl (C=O) groups excluding carboxylic acids is 2. The Kier molecular flexibility index (Phi) is 5.67. The first kappa shape index (κ1) is 18.4. The lowest BCUT2D eigenvalue weighted by molar-refractivity contribution is -0.115. The largest absolute Gasteiger partial charge is 0.356 e. The number of rotatable bonds is 6. The Hall–Kier alpha value is -3.40. The second-order valence-corrected chi connectivity index (χ2v) is 6.55. The summed E-state index contributed by atoms with van der Waals surface area (Å²) in [4.78, 5) is 23.5. The van der Waals surface area contributed by atoms with Gasteiger partial charge in [-0.1, -0.05) is 29.8 Å². The van der Waals surface area contributed by atoms with Crippen LogP contribution >= 0.6 is 0 Å². The molecule has 3 rings (SSSR count). The summed E-state index contributed by atoms with van der Waals surface area (Å²) in [7, 11) is 0. The van der Waals surface area contributed by atoms with E-state index in [9.17, 15) is 9.59 Å². The van der Waals surface area contributed by atoms with Gasteiger partial charge in [-0.05, 0) is 67.9 Å². The highest BCUT2D eigenvalue weighted by Crippen LogP contribution is 2.20. The summed E-state index contributed by atoms with van der Waals surface area (Å²) in [5.41, 5.74) is 5.42. The molecule has 0 unspecified atom stereocenters. The van der Waals surface area contributed by atoms with E-state index in [1.54, 1.807) is 19.1 Å². The van der Waals surface area contributed by atoms with Gasteiger partial charge in [0.2, 0.25) is 5.91 Å². The van der Waals surface area contributed by atoms with Crippen LogP contribution in [0.2, 0.25) is 0 Å². The van der Waals surface area contributed by atoms with E-state index in [0.29, 0.717) is 12.0 Å². The molecule has 0 aromatic heterocycles. The second kappa shape index (κ2) is 8.32. The first-order valence-electron chi connectivity index (χ1n) is 8.83. The van der Waals surface area contributed by atoms with Gasteiger partial charge < -0.3 is 10.6 Å². The third-order valence-electron chi connectivity index (χ3n) is 4.23. The van der Waals surface area contributed by atoms with Crippen molar-refractivity contribution in [3.05, 3.63) is 89.5 Å². The number of nitrogens with one attached hydrogen (secondary N) is 2. The van der Waals surface area contributed by atoms with Crippen molar-refractivity contribution in [1.29, 1.82) is 0 Å². The van der Waals surface area contributed by atoms with Crippen LogP contribution in [-0.2, 0) is 11.2 Å². The van der Waals surface area contributed by atoms with Gasteiger partial charge in [0.25, 0.3) is 0 Å². The van der Waals surface area contributed by atoms with Gasteiger partial charge in [0.15, 0.2) is 5.78 Å². The van der Waals surface area contributed by atoms with Crippen LogP contribution in [0.4, 0.5) is 17.1 Å². The number of carbonyl (C=O) groups is 2. The third kappa shape index (κ3) is 5.28. The van der Waals surface area contributed by atoms with E-state index in [0.717, 1.165) is 22.6 Å². The summed E-state index contributed by atoms with van der Waals surface area (Å²) in [5.74, 6) is 0.00617. The first-order valence-corrected chi connectivity index (χ1v) is 8.83. The molecule has 1 amide bonds. The molecular weight excluding hydrogens is 336 g/mol. The Morgan fingerprint density at radius 2 is 1.26 bits per heavy atom. The van der Waals surface area contributed by atoms with Crippen LogP contribution in [-0.4, -0.2) is 11.7 Å². The highest BCUT2D eigenvalue weighted by molar-refractivity contribution is 5.94. The maximum absolute atomic E-state index is 12.2. The normalized spacial score (nSPS) is 10.3. The van der Waals surface area contributed by atoms with Crippen LogP contribution in [0.3, 0.4) is 0 Å². The molecular formula is C23H22N2O2. The summed E-state index contributed by atoms with van der Waals surface area (Å²) < 4.78 is 0. The fourth-order valence-electron chi connectivity index (χ4n) is 2.69. The minimum atomic E-state index is -0.0422. The van der Waals surface area contributed by atoms with Crippen LogP contribution in [0.25, 0.3) is 0 Å². The lowest BCUT2D eigenvalue weighted by Gasteiger charge is -2.09. The quantitative estimate of drug-likeness (QED) is 0.601. The number of aryl methyl sites for hydroxylation is 1. The van der Waals surface area contributed by atoms with Crippen LogP contribution in [0, 0.1) is 6.92 Å². The van der Waals surface area contributed by atoms with E-state index in [2.05, 4.69) is 10.6 Å². The van der Waals surface area contributed by atoms with Crippen LogP contribution in [0.1, 0.15) is 28.4 Å². The lowest BCUT2D eigenvalue weighted by atomic mass is 10.1. The van der Waals surface area contributed by atoms with Crippen molar-refractivity contribution in [2.45, 2.75) is 20.3 Å². The van der Waals surface area contributed by atoms with Gasteiger partial charge in [0.1, 0.15) is 0 Å². The Morgan fingerprint density at radius 3 is 1.81 bits per heavy atom. The Bertz CT molecular complexity index is 928. The predicted octanol–water partition coefficient (Wildman–Crippen LogP) is 5.12.